The van der Waals surface area contributed by atoms with Crippen LogP contribution in [0.3, 0.4) is 0 Å². The number of pyridine rings is 1. The van der Waals surface area contributed by atoms with Gasteiger partial charge in [-0.1, -0.05) is 0 Å². The molecule has 6 nitrogen and oxygen atoms in total. The van der Waals surface area contributed by atoms with Crippen LogP contribution in [-0.4, -0.2) is 30.2 Å². The SMILES string of the molecule is O=C(N/N=C\c1cc(Br)c(N2CCCC2)o1)c1cccnc1. The molecule has 0 aromatic carbocycles. The van der Waals surface area contributed by atoms with Crippen LogP contribution in [0.1, 0.15) is 29.0 Å². The maximum Gasteiger partial charge on any atom is 0.272 e. The van der Waals surface area contributed by atoms with Crippen LogP contribution in [0.5, 0.6) is 0 Å². The van der Waals surface area contributed by atoms with E-state index in [4.69, 9.17) is 4.42 Å². The number of aromatic nitrogens is 1. The Balaban J connectivity index is 1.63. The third kappa shape index (κ3) is 3.36. The van der Waals surface area contributed by atoms with Crippen molar-refractivity contribution in [3.63, 3.8) is 0 Å². The van der Waals surface area contributed by atoms with E-state index < -0.39 is 0 Å². The number of anilines is 1. The molecule has 1 aliphatic heterocycles. The van der Waals surface area contributed by atoms with Crippen molar-refractivity contribution in [3.8, 4) is 0 Å². The van der Waals surface area contributed by atoms with Gasteiger partial charge in [-0.05, 0) is 40.9 Å². The van der Waals surface area contributed by atoms with E-state index in [1.807, 2.05) is 6.07 Å². The number of carbonyl (C=O) groups excluding carboxylic acids is 1. The molecule has 22 heavy (non-hydrogen) atoms. The Morgan fingerprint density at radius 2 is 2.27 bits per heavy atom. The van der Waals surface area contributed by atoms with E-state index in [1.165, 1.54) is 25.3 Å². The van der Waals surface area contributed by atoms with Gasteiger partial charge >= 0.3 is 0 Å². The highest BCUT2D eigenvalue weighted by Gasteiger charge is 2.19. The summed E-state index contributed by atoms with van der Waals surface area (Å²) < 4.78 is 6.65. The number of hydrogen-bond acceptors (Lipinski definition) is 5. The van der Waals surface area contributed by atoms with Crippen molar-refractivity contribution in [2.45, 2.75) is 12.8 Å². The van der Waals surface area contributed by atoms with Crippen molar-refractivity contribution in [2.24, 2.45) is 5.10 Å². The quantitative estimate of drug-likeness (QED) is 0.670. The van der Waals surface area contributed by atoms with Crippen molar-refractivity contribution >= 4 is 33.9 Å². The summed E-state index contributed by atoms with van der Waals surface area (Å²) in [6.07, 6.45) is 6.94. The topological polar surface area (TPSA) is 70.7 Å². The van der Waals surface area contributed by atoms with E-state index in [2.05, 4.69) is 36.3 Å². The predicted octanol–water partition coefficient (Wildman–Crippen LogP) is 2.80. The molecule has 1 fully saturated rings. The second-order valence-corrected chi connectivity index (χ2v) is 5.79. The summed E-state index contributed by atoms with van der Waals surface area (Å²) in [5.74, 6) is 1.09. The highest BCUT2D eigenvalue weighted by atomic mass is 79.9. The molecule has 0 spiro atoms. The number of carbonyl (C=O) groups is 1. The first-order chi connectivity index (χ1) is 10.7. The summed E-state index contributed by atoms with van der Waals surface area (Å²) >= 11 is 3.49. The second-order valence-electron chi connectivity index (χ2n) is 4.94. The molecule has 1 aliphatic rings. The summed E-state index contributed by atoms with van der Waals surface area (Å²) in [5, 5.41) is 3.91. The maximum atomic E-state index is 11.8. The summed E-state index contributed by atoms with van der Waals surface area (Å²) in [6.45, 7) is 2.00. The van der Waals surface area contributed by atoms with Crippen molar-refractivity contribution in [2.75, 3.05) is 18.0 Å². The van der Waals surface area contributed by atoms with E-state index in [-0.39, 0.29) is 5.91 Å². The molecule has 3 rings (SSSR count). The molecule has 2 aromatic rings. The van der Waals surface area contributed by atoms with Gasteiger partial charge in [0.25, 0.3) is 5.91 Å². The van der Waals surface area contributed by atoms with Gasteiger partial charge in [0.1, 0.15) is 0 Å². The van der Waals surface area contributed by atoms with Crippen LogP contribution in [0, 0.1) is 0 Å². The molecule has 0 atom stereocenters. The van der Waals surface area contributed by atoms with Crippen LogP contribution < -0.4 is 10.3 Å². The molecule has 114 valence electrons. The van der Waals surface area contributed by atoms with Gasteiger partial charge in [0.15, 0.2) is 5.76 Å². The van der Waals surface area contributed by atoms with Crippen LogP contribution in [0.2, 0.25) is 0 Å². The van der Waals surface area contributed by atoms with Gasteiger partial charge in [-0.3, -0.25) is 9.78 Å². The summed E-state index contributed by atoms with van der Waals surface area (Å²) in [6, 6.07) is 5.21. The Morgan fingerprint density at radius 3 is 3.00 bits per heavy atom. The van der Waals surface area contributed by atoms with E-state index in [0.29, 0.717) is 11.3 Å². The van der Waals surface area contributed by atoms with E-state index in [0.717, 1.165) is 23.4 Å². The highest BCUT2D eigenvalue weighted by molar-refractivity contribution is 9.10. The van der Waals surface area contributed by atoms with Crippen LogP contribution >= 0.6 is 15.9 Å². The molecule has 2 aromatic heterocycles. The van der Waals surface area contributed by atoms with Crippen molar-refractivity contribution < 1.29 is 9.21 Å². The Labute approximate surface area is 136 Å². The molecule has 3 heterocycles. The van der Waals surface area contributed by atoms with Crippen molar-refractivity contribution in [3.05, 3.63) is 46.4 Å². The van der Waals surface area contributed by atoms with Gasteiger partial charge in [0, 0.05) is 31.5 Å². The normalized spacial score (nSPS) is 14.7. The standard InChI is InChI=1S/C15H15BrN4O2/c16-13-8-12(22-15(13)20-6-1-2-7-20)10-18-19-14(21)11-4-3-5-17-9-11/h3-5,8-10H,1-2,6-7H2,(H,19,21)/b18-10-. The fraction of sp³-hybridized carbons (Fsp3) is 0.267. The number of halogens is 1. The zero-order valence-electron chi connectivity index (χ0n) is 11.8. The van der Waals surface area contributed by atoms with Crippen LogP contribution in [-0.2, 0) is 0 Å². The number of amides is 1. The lowest BCUT2D eigenvalue weighted by Crippen LogP contribution is -2.17. The molecule has 0 aliphatic carbocycles. The Morgan fingerprint density at radius 1 is 1.45 bits per heavy atom. The smallest absolute Gasteiger partial charge is 0.272 e. The minimum absolute atomic E-state index is 0.310. The van der Waals surface area contributed by atoms with Crippen LogP contribution in [0.25, 0.3) is 0 Å². The molecular weight excluding hydrogens is 348 g/mol. The number of nitrogens with one attached hydrogen (secondary N) is 1. The minimum atomic E-state index is -0.310. The van der Waals surface area contributed by atoms with Gasteiger partial charge in [0.2, 0.25) is 5.88 Å². The third-order valence-electron chi connectivity index (χ3n) is 3.36. The number of hydrazone groups is 1. The first-order valence-corrected chi connectivity index (χ1v) is 7.81. The van der Waals surface area contributed by atoms with Crippen molar-refractivity contribution in [1.29, 1.82) is 0 Å². The Bertz CT molecular complexity index is 678. The average Bonchev–Trinajstić information content (AvgIpc) is 3.17. The lowest BCUT2D eigenvalue weighted by molar-refractivity contribution is 0.0955. The summed E-state index contributed by atoms with van der Waals surface area (Å²) in [7, 11) is 0. The Hall–Kier alpha value is -2.15. The largest absolute Gasteiger partial charge is 0.438 e. The fourth-order valence-electron chi connectivity index (χ4n) is 2.29. The monoisotopic (exact) mass is 362 g/mol. The zero-order chi connectivity index (χ0) is 15.4. The van der Waals surface area contributed by atoms with Gasteiger partial charge in [0.05, 0.1) is 16.3 Å². The first-order valence-electron chi connectivity index (χ1n) is 7.02. The van der Waals surface area contributed by atoms with Gasteiger partial charge < -0.3 is 9.32 Å². The van der Waals surface area contributed by atoms with Crippen LogP contribution in [0.4, 0.5) is 5.88 Å². The molecule has 0 bridgehead atoms. The third-order valence-corrected chi connectivity index (χ3v) is 3.93. The summed E-state index contributed by atoms with van der Waals surface area (Å²) in [4.78, 5) is 17.9. The molecule has 1 saturated heterocycles. The number of hydrogen-bond donors (Lipinski definition) is 1. The van der Waals surface area contributed by atoms with Crippen molar-refractivity contribution in [1.82, 2.24) is 10.4 Å². The van der Waals surface area contributed by atoms with E-state index in [1.54, 1.807) is 18.3 Å². The number of rotatable bonds is 4. The maximum absolute atomic E-state index is 11.8. The highest BCUT2D eigenvalue weighted by Crippen LogP contribution is 2.31. The van der Waals surface area contributed by atoms with Crippen LogP contribution in [0.15, 0.2) is 44.6 Å². The molecule has 0 saturated carbocycles. The molecule has 7 heteroatoms. The molecule has 0 radical (unpaired) electrons. The Kier molecular flexibility index (Phi) is 4.53. The molecular formula is C15H15BrN4O2. The lowest BCUT2D eigenvalue weighted by Gasteiger charge is -2.13. The molecule has 1 N–H and O–H groups in total. The molecule has 1 amide bonds. The van der Waals surface area contributed by atoms with E-state index in [9.17, 15) is 4.79 Å². The van der Waals surface area contributed by atoms with Gasteiger partial charge in [-0.15, -0.1) is 0 Å². The second kappa shape index (κ2) is 6.74. The average molecular weight is 363 g/mol. The fourth-order valence-corrected chi connectivity index (χ4v) is 2.85. The number of furan rings is 1. The minimum Gasteiger partial charge on any atom is -0.438 e. The number of nitrogens with zero attached hydrogens (tertiary/aromatic N) is 3. The molecule has 0 unspecified atom stereocenters. The van der Waals surface area contributed by atoms with Gasteiger partial charge in [-0.25, -0.2) is 5.43 Å². The predicted molar refractivity (Wildman–Crippen MR) is 87.2 cm³/mol. The lowest BCUT2D eigenvalue weighted by atomic mass is 10.3. The summed E-state index contributed by atoms with van der Waals surface area (Å²) in [5.41, 5.74) is 2.90. The zero-order valence-corrected chi connectivity index (χ0v) is 13.4. The van der Waals surface area contributed by atoms with E-state index >= 15 is 0 Å². The first kappa shape index (κ1) is 14.8. The van der Waals surface area contributed by atoms with Gasteiger partial charge in [-0.2, -0.15) is 5.10 Å².